The molecule has 0 aromatic rings. The fourth-order valence-electron chi connectivity index (χ4n) is 2.82. The van der Waals surface area contributed by atoms with Crippen LogP contribution in [0.15, 0.2) is 0 Å². The first-order chi connectivity index (χ1) is 8.49. The quantitative estimate of drug-likeness (QED) is 0.765. The third-order valence-corrected chi connectivity index (χ3v) is 4.65. The molecule has 0 saturated heterocycles. The lowest BCUT2D eigenvalue weighted by Crippen LogP contribution is -2.50. The van der Waals surface area contributed by atoms with E-state index in [2.05, 4.69) is 38.3 Å². The maximum absolute atomic E-state index is 12.1. The van der Waals surface area contributed by atoms with Crippen molar-refractivity contribution in [3.63, 3.8) is 0 Å². The highest BCUT2D eigenvalue weighted by molar-refractivity contribution is 5.81. The molecule has 0 aromatic carbocycles. The van der Waals surface area contributed by atoms with Crippen LogP contribution in [0.5, 0.6) is 0 Å². The van der Waals surface area contributed by atoms with Crippen LogP contribution < -0.4 is 10.6 Å². The Hall–Kier alpha value is -0.570. The van der Waals surface area contributed by atoms with Crippen LogP contribution in [0.1, 0.15) is 60.3 Å². The van der Waals surface area contributed by atoms with E-state index >= 15 is 0 Å². The van der Waals surface area contributed by atoms with Crippen molar-refractivity contribution in [2.75, 3.05) is 0 Å². The maximum Gasteiger partial charge on any atom is 0.237 e. The Morgan fingerprint density at radius 3 is 2.28 bits per heavy atom. The van der Waals surface area contributed by atoms with Crippen molar-refractivity contribution < 1.29 is 4.79 Å². The summed E-state index contributed by atoms with van der Waals surface area (Å²) < 4.78 is 0. The van der Waals surface area contributed by atoms with E-state index in [0.717, 1.165) is 18.8 Å². The standard InChI is InChI=1S/C15H30N2O/c1-6-13(7-2)17-15(18)12(5)16-14-9-8-10(3)11(14)4/h10-14,16H,6-9H2,1-5H3,(H,17,18). The van der Waals surface area contributed by atoms with E-state index in [4.69, 9.17) is 0 Å². The molecule has 18 heavy (non-hydrogen) atoms. The SMILES string of the molecule is CCC(CC)NC(=O)C(C)NC1CCC(C)C1C. The molecule has 0 bridgehead atoms. The van der Waals surface area contributed by atoms with Gasteiger partial charge in [0.15, 0.2) is 0 Å². The van der Waals surface area contributed by atoms with Crippen molar-refractivity contribution >= 4 is 5.91 Å². The number of hydrogen-bond donors (Lipinski definition) is 2. The molecule has 1 aliphatic carbocycles. The van der Waals surface area contributed by atoms with Gasteiger partial charge in [0.1, 0.15) is 0 Å². The zero-order chi connectivity index (χ0) is 13.7. The number of rotatable bonds is 6. The van der Waals surface area contributed by atoms with Gasteiger partial charge in [-0.25, -0.2) is 0 Å². The second-order valence-corrected chi connectivity index (χ2v) is 5.93. The summed E-state index contributed by atoms with van der Waals surface area (Å²) >= 11 is 0. The fraction of sp³-hybridized carbons (Fsp3) is 0.933. The molecule has 0 aliphatic heterocycles. The van der Waals surface area contributed by atoms with Gasteiger partial charge in [-0.05, 0) is 44.4 Å². The molecule has 1 aliphatic rings. The average Bonchev–Trinajstić information content (AvgIpc) is 2.67. The van der Waals surface area contributed by atoms with Gasteiger partial charge in [-0.3, -0.25) is 4.79 Å². The van der Waals surface area contributed by atoms with Gasteiger partial charge in [-0.2, -0.15) is 0 Å². The van der Waals surface area contributed by atoms with Gasteiger partial charge in [-0.1, -0.05) is 27.7 Å². The molecule has 4 atom stereocenters. The monoisotopic (exact) mass is 254 g/mol. The molecule has 0 radical (unpaired) electrons. The molecule has 1 amide bonds. The fourth-order valence-corrected chi connectivity index (χ4v) is 2.82. The van der Waals surface area contributed by atoms with E-state index in [9.17, 15) is 4.79 Å². The minimum atomic E-state index is -0.0802. The minimum Gasteiger partial charge on any atom is -0.352 e. The van der Waals surface area contributed by atoms with Crippen molar-refractivity contribution in [1.29, 1.82) is 0 Å². The molecular weight excluding hydrogens is 224 g/mol. The molecule has 3 nitrogen and oxygen atoms in total. The summed E-state index contributed by atoms with van der Waals surface area (Å²) in [5.41, 5.74) is 0. The Balaban J connectivity index is 2.40. The van der Waals surface area contributed by atoms with Crippen molar-refractivity contribution in [1.82, 2.24) is 10.6 Å². The van der Waals surface area contributed by atoms with Gasteiger partial charge in [0.2, 0.25) is 5.91 Å². The van der Waals surface area contributed by atoms with Gasteiger partial charge in [0.25, 0.3) is 0 Å². The topological polar surface area (TPSA) is 41.1 Å². The largest absolute Gasteiger partial charge is 0.352 e. The molecule has 0 heterocycles. The van der Waals surface area contributed by atoms with Gasteiger partial charge >= 0.3 is 0 Å². The van der Waals surface area contributed by atoms with Crippen LogP contribution in [0.4, 0.5) is 0 Å². The minimum absolute atomic E-state index is 0.0802. The van der Waals surface area contributed by atoms with Gasteiger partial charge in [0.05, 0.1) is 6.04 Å². The summed E-state index contributed by atoms with van der Waals surface area (Å²) in [4.78, 5) is 12.1. The highest BCUT2D eigenvalue weighted by Gasteiger charge is 2.31. The first-order valence-electron chi connectivity index (χ1n) is 7.55. The maximum atomic E-state index is 12.1. The zero-order valence-corrected chi connectivity index (χ0v) is 12.6. The van der Waals surface area contributed by atoms with Crippen molar-refractivity contribution in [3.05, 3.63) is 0 Å². The summed E-state index contributed by atoms with van der Waals surface area (Å²) in [5, 5.41) is 6.61. The summed E-state index contributed by atoms with van der Waals surface area (Å²) in [5.74, 6) is 1.60. The summed E-state index contributed by atoms with van der Waals surface area (Å²) in [7, 11) is 0. The number of carbonyl (C=O) groups excluding carboxylic acids is 1. The molecule has 106 valence electrons. The number of nitrogens with one attached hydrogen (secondary N) is 2. The van der Waals surface area contributed by atoms with Crippen LogP contribution in [0.25, 0.3) is 0 Å². The highest BCUT2D eigenvalue weighted by Crippen LogP contribution is 2.31. The highest BCUT2D eigenvalue weighted by atomic mass is 16.2. The number of amides is 1. The van der Waals surface area contributed by atoms with E-state index in [1.807, 2.05) is 6.92 Å². The predicted octanol–water partition coefficient (Wildman–Crippen LogP) is 2.70. The van der Waals surface area contributed by atoms with Crippen LogP contribution in [0, 0.1) is 11.8 Å². The van der Waals surface area contributed by atoms with Crippen molar-refractivity contribution in [2.24, 2.45) is 11.8 Å². The molecule has 0 spiro atoms. The molecule has 1 fully saturated rings. The third-order valence-electron chi connectivity index (χ3n) is 4.65. The van der Waals surface area contributed by atoms with Crippen LogP contribution in [-0.2, 0) is 4.79 Å². The molecule has 2 N–H and O–H groups in total. The van der Waals surface area contributed by atoms with Crippen molar-refractivity contribution in [2.45, 2.75) is 78.4 Å². The van der Waals surface area contributed by atoms with E-state index in [-0.39, 0.29) is 11.9 Å². The Bertz CT molecular complexity index is 263. The predicted molar refractivity (Wildman–Crippen MR) is 76.5 cm³/mol. The van der Waals surface area contributed by atoms with Crippen LogP contribution in [-0.4, -0.2) is 24.0 Å². The lowest BCUT2D eigenvalue weighted by Gasteiger charge is -2.25. The van der Waals surface area contributed by atoms with Gasteiger partial charge < -0.3 is 10.6 Å². The van der Waals surface area contributed by atoms with Gasteiger partial charge in [-0.15, -0.1) is 0 Å². The molecule has 1 rings (SSSR count). The van der Waals surface area contributed by atoms with Crippen LogP contribution in [0.2, 0.25) is 0 Å². The Labute approximate surface area is 112 Å². The Kier molecular flexibility index (Phi) is 6.13. The van der Waals surface area contributed by atoms with E-state index in [0.29, 0.717) is 18.0 Å². The normalized spacial score (nSPS) is 29.6. The van der Waals surface area contributed by atoms with E-state index < -0.39 is 0 Å². The second-order valence-electron chi connectivity index (χ2n) is 5.93. The van der Waals surface area contributed by atoms with E-state index in [1.165, 1.54) is 12.8 Å². The molecule has 4 unspecified atom stereocenters. The first kappa shape index (κ1) is 15.5. The molecule has 1 saturated carbocycles. The lowest BCUT2D eigenvalue weighted by molar-refractivity contribution is -0.123. The smallest absolute Gasteiger partial charge is 0.237 e. The van der Waals surface area contributed by atoms with Crippen molar-refractivity contribution in [3.8, 4) is 0 Å². The molecule has 3 heteroatoms. The zero-order valence-electron chi connectivity index (χ0n) is 12.6. The molecule has 0 aromatic heterocycles. The van der Waals surface area contributed by atoms with Crippen LogP contribution in [0.3, 0.4) is 0 Å². The second kappa shape index (κ2) is 7.13. The summed E-state index contributed by atoms with van der Waals surface area (Å²) in [6.45, 7) is 10.8. The summed E-state index contributed by atoms with van der Waals surface area (Å²) in [6, 6.07) is 0.743. The van der Waals surface area contributed by atoms with E-state index in [1.54, 1.807) is 0 Å². The number of carbonyl (C=O) groups is 1. The third kappa shape index (κ3) is 3.98. The first-order valence-corrected chi connectivity index (χ1v) is 7.55. The van der Waals surface area contributed by atoms with Crippen LogP contribution >= 0.6 is 0 Å². The molecular formula is C15H30N2O. The average molecular weight is 254 g/mol. The number of hydrogen-bond acceptors (Lipinski definition) is 2. The Morgan fingerprint density at radius 2 is 1.83 bits per heavy atom. The lowest BCUT2D eigenvalue weighted by atomic mass is 9.97. The Morgan fingerprint density at radius 1 is 1.22 bits per heavy atom. The van der Waals surface area contributed by atoms with Gasteiger partial charge in [0, 0.05) is 12.1 Å². The summed E-state index contributed by atoms with van der Waals surface area (Å²) in [6.07, 6.45) is 4.49.